The summed E-state index contributed by atoms with van der Waals surface area (Å²) in [7, 11) is 0. The fraction of sp³-hybridized carbons (Fsp3) is 0.240. The number of amides is 2. The molecule has 3 rings (SSSR count). The summed E-state index contributed by atoms with van der Waals surface area (Å²) in [6, 6.07) is 20.8. The van der Waals surface area contributed by atoms with Gasteiger partial charge in [0.15, 0.2) is 6.61 Å². The standard InChI is InChI=1S/C25H26N2O4/c1-3-27(22-14-8-11-19-10-5-7-13-21(19)22)23(28)17-31-24(29)15-16-26-25(30)20-12-6-4-9-18(20)2/h4-14H,3,15-17H2,1-2H3,(H,26,30). The van der Waals surface area contributed by atoms with E-state index in [2.05, 4.69) is 5.32 Å². The lowest BCUT2D eigenvalue weighted by Crippen LogP contribution is -2.35. The minimum atomic E-state index is -0.535. The minimum Gasteiger partial charge on any atom is -0.455 e. The molecule has 0 radical (unpaired) electrons. The minimum absolute atomic E-state index is 0.00864. The number of nitrogens with zero attached hydrogens (tertiary/aromatic N) is 1. The van der Waals surface area contributed by atoms with Crippen LogP contribution in [0.15, 0.2) is 66.7 Å². The van der Waals surface area contributed by atoms with Gasteiger partial charge < -0.3 is 15.0 Å². The quantitative estimate of drug-likeness (QED) is 0.564. The first kappa shape index (κ1) is 22.0. The Kier molecular flexibility index (Phi) is 7.38. The number of hydrogen-bond donors (Lipinski definition) is 1. The maximum absolute atomic E-state index is 12.7. The predicted molar refractivity (Wildman–Crippen MR) is 121 cm³/mol. The Bertz CT molecular complexity index is 1090. The maximum Gasteiger partial charge on any atom is 0.308 e. The van der Waals surface area contributed by atoms with Gasteiger partial charge in [-0.15, -0.1) is 0 Å². The molecule has 6 nitrogen and oxygen atoms in total. The number of hydrogen-bond acceptors (Lipinski definition) is 4. The van der Waals surface area contributed by atoms with Crippen molar-refractivity contribution in [1.29, 1.82) is 0 Å². The molecule has 160 valence electrons. The van der Waals surface area contributed by atoms with Crippen LogP contribution in [-0.2, 0) is 14.3 Å². The zero-order chi connectivity index (χ0) is 22.2. The van der Waals surface area contributed by atoms with E-state index in [1.807, 2.05) is 68.4 Å². The van der Waals surface area contributed by atoms with Gasteiger partial charge in [-0.25, -0.2) is 0 Å². The Labute approximate surface area is 181 Å². The van der Waals surface area contributed by atoms with Gasteiger partial charge in [0.1, 0.15) is 0 Å². The van der Waals surface area contributed by atoms with E-state index in [1.54, 1.807) is 17.0 Å². The summed E-state index contributed by atoms with van der Waals surface area (Å²) in [5.41, 5.74) is 2.22. The molecule has 0 aliphatic carbocycles. The number of fused-ring (bicyclic) bond motifs is 1. The smallest absolute Gasteiger partial charge is 0.308 e. The van der Waals surface area contributed by atoms with Crippen LogP contribution >= 0.6 is 0 Å². The molecule has 0 spiro atoms. The number of carbonyl (C=O) groups excluding carboxylic acids is 3. The highest BCUT2D eigenvalue weighted by Gasteiger charge is 2.18. The van der Waals surface area contributed by atoms with E-state index in [0.717, 1.165) is 22.0 Å². The third kappa shape index (κ3) is 5.48. The second-order valence-corrected chi connectivity index (χ2v) is 7.12. The molecular weight excluding hydrogens is 392 g/mol. The summed E-state index contributed by atoms with van der Waals surface area (Å²) in [6.45, 7) is 3.98. The summed E-state index contributed by atoms with van der Waals surface area (Å²) >= 11 is 0. The molecule has 0 aliphatic heterocycles. The SMILES string of the molecule is CCN(C(=O)COC(=O)CCNC(=O)c1ccccc1C)c1cccc2ccccc12. The first-order valence-electron chi connectivity index (χ1n) is 10.3. The van der Waals surface area contributed by atoms with Gasteiger partial charge >= 0.3 is 5.97 Å². The number of nitrogens with one attached hydrogen (secondary N) is 1. The van der Waals surface area contributed by atoms with E-state index < -0.39 is 5.97 Å². The lowest BCUT2D eigenvalue weighted by Gasteiger charge is -2.22. The molecule has 1 N–H and O–H groups in total. The zero-order valence-electron chi connectivity index (χ0n) is 17.8. The molecule has 0 atom stereocenters. The van der Waals surface area contributed by atoms with Crippen LogP contribution < -0.4 is 10.2 Å². The highest BCUT2D eigenvalue weighted by atomic mass is 16.5. The molecular formula is C25H26N2O4. The van der Waals surface area contributed by atoms with Crippen LogP contribution in [0.2, 0.25) is 0 Å². The Morgan fingerprint density at radius 3 is 2.42 bits per heavy atom. The molecule has 6 heteroatoms. The number of rotatable bonds is 8. The van der Waals surface area contributed by atoms with Crippen molar-refractivity contribution in [3.8, 4) is 0 Å². The van der Waals surface area contributed by atoms with Crippen molar-refractivity contribution in [2.24, 2.45) is 0 Å². The predicted octanol–water partition coefficient (Wildman–Crippen LogP) is 3.86. The van der Waals surface area contributed by atoms with E-state index in [0.29, 0.717) is 12.1 Å². The van der Waals surface area contributed by atoms with Crippen molar-refractivity contribution in [1.82, 2.24) is 5.32 Å². The molecule has 0 fully saturated rings. The number of benzene rings is 3. The van der Waals surface area contributed by atoms with Crippen molar-refractivity contribution in [2.75, 3.05) is 24.6 Å². The third-order valence-corrected chi connectivity index (χ3v) is 5.04. The molecule has 3 aromatic carbocycles. The van der Waals surface area contributed by atoms with Crippen LogP contribution in [0.1, 0.15) is 29.3 Å². The number of carbonyl (C=O) groups is 3. The normalized spacial score (nSPS) is 10.5. The Morgan fingerprint density at radius 1 is 0.935 bits per heavy atom. The highest BCUT2D eigenvalue weighted by Crippen LogP contribution is 2.26. The first-order chi connectivity index (χ1) is 15.0. The number of likely N-dealkylation sites (N-methyl/N-ethyl adjacent to an activating group) is 1. The van der Waals surface area contributed by atoms with Gasteiger partial charge in [-0.05, 0) is 36.9 Å². The average Bonchev–Trinajstić information content (AvgIpc) is 2.78. The summed E-state index contributed by atoms with van der Waals surface area (Å²) in [6.07, 6.45) is -0.00864. The lowest BCUT2D eigenvalue weighted by molar-refractivity contribution is -0.147. The van der Waals surface area contributed by atoms with E-state index in [1.165, 1.54) is 0 Å². The van der Waals surface area contributed by atoms with E-state index in [-0.39, 0.29) is 31.4 Å². The molecule has 31 heavy (non-hydrogen) atoms. The van der Waals surface area contributed by atoms with Gasteiger partial charge in [-0.2, -0.15) is 0 Å². The fourth-order valence-corrected chi connectivity index (χ4v) is 3.42. The van der Waals surface area contributed by atoms with Gasteiger partial charge in [0.05, 0.1) is 12.1 Å². The number of esters is 1. The second-order valence-electron chi connectivity index (χ2n) is 7.12. The van der Waals surface area contributed by atoms with Crippen molar-refractivity contribution < 1.29 is 19.1 Å². The van der Waals surface area contributed by atoms with Crippen LogP contribution in [0.4, 0.5) is 5.69 Å². The second kappa shape index (κ2) is 10.4. The first-order valence-corrected chi connectivity index (χ1v) is 10.3. The average molecular weight is 418 g/mol. The summed E-state index contributed by atoms with van der Waals surface area (Å²) < 4.78 is 5.15. The Morgan fingerprint density at radius 2 is 1.65 bits per heavy atom. The van der Waals surface area contributed by atoms with Crippen LogP contribution in [0.25, 0.3) is 10.8 Å². The van der Waals surface area contributed by atoms with Crippen LogP contribution in [0.5, 0.6) is 0 Å². The molecule has 0 bridgehead atoms. The van der Waals surface area contributed by atoms with Gasteiger partial charge in [-0.3, -0.25) is 14.4 Å². The van der Waals surface area contributed by atoms with Gasteiger partial charge in [0.2, 0.25) is 0 Å². The molecule has 0 aliphatic rings. The van der Waals surface area contributed by atoms with E-state index in [4.69, 9.17) is 4.74 Å². The summed E-state index contributed by atoms with van der Waals surface area (Å²) in [5, 5.41) is 4.70. The Balaban J connectivity index is 1.51. The largest absolute Gasteiger partial charge is 0.455 e. The number of ether oxygens (including phenoxy) is 1. The van der Waals surface area contributed by atoms with Crippen molar-refractivity contribution >= 4 is 34.2 Å². The van der Waals surface area contributed by atoms with Crippen LogP contribution in [0.3, 0.4) is 0 Å². The molecule has 3 aromatic rings. The topological polar surface area (TPSA) is 75.7 Å². The van der Waals surface area contributed by atoms with Crippen molar-refractivity contribution in [3.05, 3.63) is 77.9 Å². The maximum atomic E-state index is 12.7. The molecule has 0 saturated heterocycles. The number of anilines is 1. The zero-order valence-corrected chi connectivity index (χ0v) is 17.8. The molecule has 0 heterocycles. The summed E-state index contributed by atoms with van der Waals surface area (Å²) in [4.78, 5) is 38.5. The molecule has 0 aromatic heterocycles. The van der Waals surface area contributed by atoms with Crippen molar-refractivity contribution in [3.63, 3.8) is 0 Å². The van der Waals surface area contributed by atoms with Gasteiger partial charge in [0, 0.05) is 24.0 Å². The van der Waals surface area contributed by atoms with Crippen LogP contribution in [0, 0.1) is 6.92 Å². The van der Waals surface area contributed by atoms with Gasteiger partial charge in [-0.1, -0.05) is 54.6 Å². The molecule has 0 saturated carbocycles. The van der Waals surface area contributed by atoms with Crippen LogP contribution in [-0.4, -0.2) is 37.5 Å². The van der Waals surface area contributed by atoms with Crippen molar-refractivity contribution in [2.45, 2.75) is 20.3 Å². The van der Waals surface area contributed by atoms with Gasteiger partial charge in [0.25, 0.3) is 11.8 Å². The fourth-order valence-electron chi connectivity index (χ4n) is 3.42. The Hall–Kier alpha value is -3.67. The van der Waals surface area contributed by atoms with E-state index in [9.17, 15) is 14.4 Å². The van der Waals surface area contributed by atoms with E-state index >= 15 is 0 Å². The molecule has 2 amide bonds. The highest BCUT2D eigenvalue weighted by molar-refractivity contribution is 6.04. The molecule has 0 unspecified atom stereocenters. The monoisotopic (exact) mass is 418 g/mol. The number of aryl methyl sites for hydroxylation is 1. The lowest BCUT2D eigenvalue weighted by atomic mass is 10.1. The summed E-state index contributed by atoms with van der Waals surface area (Å²) in [5.74, 6) is -1.07. The third-order valence-electron chi connectivity index (χ3n) is 5.04.